The highest BCUT2D eigenvalue weighted by Crippen LogP contribution is 2.42. The molecule has 1 radical (unpaired) electrons. The summed E-state index contributed by atoms with van der Waals surface area (Å²) in [5.41, 5.74) is 9.98. The molecule has 7 aromatic carbocycles. The van der Waals surface area contributed by atoms with E-state index in [2.05, 4.69) is 138 Å². The van der Waals surface area contributed by atoms with Gasteiger partial charge in [0.15, 0.2) is 0 Å². The van der Waals surface area contributed by atoms with Crippen molar-refractivity contribution in [2.24, 2.45) is 0 Å². The van der Waals surface area contributed by atoms with Gasteiger partial charge in [-0.3, -0.25) is 0 Å². The van der Waals surface area contributed by atoms with Gasteiger partial charge in [-0.1, -0.05) is 115 Å². The molecule has 7 aromatic rings. The molecule has 0 unspecified atom stereocenters. The number of hydrogen-bond donors (Lipinski definition) is 1. The molecule has 0 atom stereocenters. The normalized spacial score (nSPS) is 10.8. The summed E-state index contributed by atoms with van der Waals surface area (Å²) >= 11 is 0. The fraction of sp³-hybridized carbons (Fsp3) is 0. The van der Waals surface area contributed by atoms with E-state index in [9.17, 15) is 0 Å². The molecule has 1 N–H and O–H groups in total. The van der Waals surface area contributed by atoms with E-state index in [0.717, 1.165) is 39.3 Å². The van der Waals surface area contributed by atoms with Gasteiger partial charge < -0.3 is 14.6 Å². The molecule has 0 bridgehead atoms. The minimum absolute atomic E-state index is 0.561. The van der Waals surface area contributed by atoms with Gasteiger partial charge in [0.2, 0.25) is 0 Å². The predicted octanol–water partition coefficient (Wildman–Crippen LogP) is 10.2. The molecule has 3 nitrogen and oxygen atoms in total. The van der Waals surface area contributed by atoms with Gasteiger partial charge in [-0.25, -0.2) is 0 Å². The molecule has 0 aliphatic heterocycles. The largest absolute Gasteiger partial charge is 0.569 e. The van der Waals surface area contributed by atoms with E-state index in [-0.39, 0.29) is 0 Å². The summed E-state index contributed by atoms with van der Waals surface area (Å²) in [4.78, 5) is 2.26. The third-order valence-electron chi connectivity index (χ3n) is 7.90. The highest BCUT2D eigenvalue weighted by molar-refractivity contribution is 6.17. The first-order chi connectivity index (χ1) is 21.8. The highest BCUT2D eigenvalue weighted by atomic mass is 16.5. The lowest BCUT2D eigenvalue weighted by molar-refractivity contribution is 0.454. The Morgan fingerprint density at radius 2 is 1.00 bits per heavy atom. The summed E-state index contributed by atoms with van der Waals surface area (Å²) in [5.74, 6) is 0.561. The van der Waals surface area contributed by atoms with Crippen molar-refractivity contribution in [3.05, 3.63) is 170 Å². The van der Waals surface area contributed by atoms with Crippen LogP contribution in [0.5, 0.6) is 5.75 Å². The minimum Gasteiger partial charge on any atom is -0.537 e. The highest BCUT2D eigenvalue weighted by Gasteiger charge is 2.17. The van der Waals surface area contributed by atoms with Crippen molar-refractivity contribution in [1.29, 1.82) is 0 Å². The molecular weight excluding hydrogens is 537 g/mol. The second-order valence-electron chi connectivity index (χ2n) is 10.6. The van der Waals surface area contributed by atoms with Crippen molar-refractivity contribution in [2.75, 3.05) is 4.90 Å². The lowest BCUT2D eigenvalue weighted by Gasteiger charge is -2.27. The average Bonchev–Trinajstić information content (AvgIpc) is 3.10. The molecule has 0 aliphatic carbocycles. The Hall–Kier alpha value is -5.58. The number of benzene rings is 7. The molecule has 0 heterocycles. The molecule has 0 saturated heterocycles. The van der Waals surface area contributed by atoms with Crippen LogP contribution in [0.3, 0.4) is 0 Å². The van der Waals surface area contributed by atoms with Crippen molar-refractivity contribution in [3.8, 4) is 39.1 Å². The maximum atomic E-state index is 9.16. The standard InChI is InChI=1S/C40H29BNO2/c43-41-44-38-23-20-35(21-24-38)42(36-17-9-16-33(27-36)34-19-18-29-10-7-8-15-32(29)26-34)37-22-25-39(30-11-3-1-4-12-30)40(28-37)31-13-5-2-6-14-31/h1-28,43H. The van der Waals surface area contributed by atoms with Gasteiger partial charge in [-0.05, 0) is 98.8 Å². The first-order valence-corrected chi connectivity index (χ1v) is 14.6. The van der Waals surface area contributed by atoms with Gasteiger partial charge in [0.1, 0.15) is 5.75 Å². The van der Waals surface area contributed by atoms with Crippen molar-refractivity contribution in [1.82, 2.24) is 0 Å². The summed E-state index contributed by atoms with van der Waals surface area (Å²) in [6.45, 7) is 0. The van der Waals surface area contributed by atoms with Crippen molar-refractivity contribution >= 4 is 35.5 Å². The topological polar surface area (TPSA) is 32.7 Å². The van der Waals surface area contributed by atoms with Crippen LogP contribution in [-0.4, -0.2) is 12.7 Å². The van der Waals surface area contributed by atoms with E-state index in [1.165, 1.54) is 21.9 Å². The Bertz CT molecular complexity index is 2030. The van der Waals surface area contributed by atoms with Crippen LogP contribution in [0.15, 0.2) is 170 Å². The van der Waals surface area contributed by atoms with Crippen LogP contribution in [0.2, 0.25) is 0 Å². The van der Waals surface area contributed by atoms with Gasteiger partial charge in [0.05, 0.1) is 0 Å². The van der Waals surface area contributed by atoms with E-state index in [1.807, 2.05) is 36.4 Å². The predicted molar refractivity (Wildman–Crippen MR) is 184 cm³/mol. The molecule has 44 heavy (non-hydrogen) atoms. The number of hydrogen-bond acceptors (Lipinski definition) is 3. The molecule has 0 aromatic heterocycles. The molecule has 0 aliphatic rings. The Kier molecular flexibility index (Phi) is 7.65. The molecule has 0 fully saturated rings. The molecule has 0 amide bonds. The zero-order chi connectivity index (χ0) is 29.7. The van der Waals surface area contributed by atoms with Gasteiger partial charge in [-0.15, -0.1) is 0 Å². The van der Waals surface area contributed by atoms with Gasteiger partial charge in [-0.2, -0.15) is 0 Å². The van der Waals surface area contributed by atoms with Crippen LogP contribution in [0.4, 0.5) is 17.1 Å². The van der Waals surface area contributed by atoms with Gasteiger partial charge in [0.25, 0.3) is 0 Å². The smallest absolute Gasteiger partial charge is 0.537 e. The van der Waals surface area contributed by atoms with Crippen LogP contribution >= 0.6 is 0 Å². The number of nitrogens with zero attached hydrogens (tertiary/aromatic N) is 1. The van der Waals surface area contributed by atoms with Gasteiger partial charge in [0, 0.05) is 17.1 Å². The van der Waals surface area contributed by atoms with Crippen LogP contribution in [0.1, 0.15) is 0 Å². The maximum Gasteiger partial charge on any atom is 0.569 e. The SMILES string of the molecule is O[B]Oc1ccc(N(c2cccc(-c3ccc4ccccc4c3)c2)c2ccc(-c3ccccc3)c(-c3ccccc3)c2)cc1. The molecule has 4 heteroatoms. The second-order valence-corrected chi connectivity index (χ2v) is 10.6. The maximum absolute atomic E-state index is 9.16. The molecular formula is C40H29BNO2. The summed E-state index contributed by atoms with van der Waals surface area (Å²) < 4.78 is 5.22. The zero-order valence-electron chi connectivity index (χ0n) is 24.0. The van der Waals surface area contributed by atoms with Crippen molar-refractivity contribution in [2.45, 2.75) is 0 Å². The van der Waals surface area contributed by atoms with Crippen LogP contribution < -0.4 is 9.55 Å². The Morgan fingerprint density at radius 1 is 0.409 bits per heavy atom. The zero-order valence-corrected chi connectivity index (χ0v) is 24.0. The van der Waals surface area contributed by atoms with Crippen molar-refractivity contribution < 1.29 is 9.68 Å². The van der Waals surface area contributed by atoms with E-state index < -0.39 is 0 Å². The Balaban J connectivity index is 1.39. The minimum atomic E-state index is 0.561. The van der Waals surface area contributed by atoms with Crippen molar-refractivity contribution in [3.63, 3.8) is 0 Å². The quantitative estimate of drug-likeness (QED) is 0.186. The number of anilines is 3. The van der Waals surface area contributed by atoms with Crippen LogP contribution in [-0.2, 0) is 0 Å². The Morgan fingerprint density at radius 3 is 1.73 bits per heavy atom. The lowest BCUT2D eigenvalue weighted by Crippen LogP contribution is -2.10. The molecule has 0 saturated carbocycles. The number of fused-ring (bicyclic) bond motifs is 1. The van der Waals surface area contributed by atoms with E-state index in [1.54, 1.807) is 0 Å². The Labute approximate surface area is 258 Å². The second kappa shape index (κ2) is 12.3. The molecule has 209 valence electrons. The van der Waals surface area contributed by atoms with Crippen LogP contribution in [0, 0.1) is 0 Å². The summed E-state index contributed by atoms with van der Waals surface area (Å²) in [5, 5.41) is 11.6. The summed E-state index contributed by atoms with van der Waals surface area (Å²) in [7, 11) is 0.703. The first kappa shape index (κ1) is 27.3. The van der Waals surface area contributed by atoms with E-state index >= 15 is 0 Å². The molecule has 7 rings (SSSR count). The third kappa shape index (κ3) is 5.59. The monoisotopic (exact) mass is 566 g/mol. The van der Waals surface area contributed by atoms with E-state index in [0.29, 0.717) is 13.4 Å². The van der Waals surface area contributed by atoms with E-state index in [4.69, 9.17) is 9.68 Å². The third-order valence-corrected chi connectivity index (χ3v) is 7.90. The first-order valence-electron chi connectivity index (χ1n) is 14.6. The van der Waals surface area contributed by atoms with Gasteiger partial charge >= 0.3 is 7.69 Å². The fourth-order valence-corrected chi connectivity index (χ4v) is 5.77. The lowest BCUT2D eigenvalue weighted by atomic mass is 9.93. The summed E-state index contributed by atoms with van der Waals surface area (Å²) in [6, 6.07) is 59.2. The number of rotatable bonds is 8. The molecule has 0 spiro atoms. The van der Waals surface area contributed by atoms with Crippen LogP contribution in [0.25, 0.3) is 44.2 Å². The fourth-order valence-electron chi connectivity index (χ4n) is 5.77. The average molecular weight is 566 g/mol. The summed E-state index contributed by atoms with van der Waals surface area (Å²) in [6.07, 6.45) is 0.